The van der Waals surface area contributed by atoms with Crippen molar-refractivity contribution in [1.82, 2.24) is 15.0 Å². The van der Waals surface area contributed by atoms with Crippen molar-refractivity contribution >= 4 is 31.9 Å². The molecule has 1 radical (unpaired) electrons. The average Bonchev–Trinajstić information content (AvgIpc) is 3.72. The second-order valence-electron chi connectivity index (χ2n) is 17.5. The van der Waals surface area contributed by atoms with Crippen molar-refractivity contribution in [1.29, 1.82) is 0 Å². The van der Waals surface area contributed by atoms with Crippen molar-refractivity contribution in [2.24, 2.45) is 0 Å². The van der Waals surface area contributed by atoms with Gasteiger partial charge in [0.05, 0.1) is 13.2 Å². The molecule has 0 spiro atoms. The number of hydrogen-bond donors (Lipinski definition) is 0. The second kappa shape index (κ2) is 29.3. The maximum atomic E-state index is 6.17. The summed E-state index contributed by atoms with van der Waals surface area (Å²) in [5, 5.41) is 4.30. The van der Waals surface area contributed by atoms with E-state index in [9.17, 15) is 0 Å². The zero-order valence-corrected chi connectivity index (χ0v) is 49.0. The van der Waals surface area contributed by atoms with Crippen LogP contribution in [-0.2, 0) is 45.6 Å². The molecule has 9 aromatic rings. The maximum absolute atomic E-state index is 6.17. The largest absolute Gasteiger partial charge is 3.00 e. The molecular weight excluding hydrogens is 1410 g/mol. The number of pyridine rings is 3. The quantitative estimate of drug-likeness (QED) is 0.0712. The first-order valence-corrected chi connectivity index (χ1v) is 26.2. The van der Waals surface area contributed by atoms with Crippen LogP contribution < -0.4 is 9.47 Å². The summed E-state index contributed by atoms with van der Waals surface area (Å²) in [5.41, 5.74) is 12.3. The molecule has 0 saturated carbocycles. The van der Waals surface area contributed by atoms with Gasteiger partial charge in [0.2, 0.25) is 0 Å². The van der Waals surface area contributed by atoms with Gasteiger partial charge in [0.15, 0.2) is 0 Å². The number of hydrogen-bond acceptors (Lipinski definition) is 5. The van der Waals surface area contributed by atoms with Crippen molar-refractivity contribution in [2.45, 2.75) is 50.0 Å². The van der Waals surface area contributed by atoms with E-state index in [4.69, 9.17) is 9.47 Å². The molecule has 6 aromatic carbocycles. The van der Waals surface area contributed by atoms with Gasteiger partial charge in [0.1, 0.15) is 0 Å². The molecule has 1 atom stereocenters. The number of allylic oxidation sites excluding steroid dienone is 2. The van der Waals surface area contributed by atoms with Crippen LogP contribution in [0.4, 0.5) is 0 Å². The summed E-state index contributed by atoms with van der Waals surface area (Å²) in [4.78, 5) is 13.1. The Morgan fingerprint density at radius 2 is 1.00 bits per heavy atom. The number of ether oxygens (including phenoxy) is 2. The van der Waals surface area contributed by atoms with Crippen LogP contribution in [0.2, 0.25) is 0 Å². The molecule has 0 amide bonds. The first kappa shape index (κ1) is 56.6. The number of nitrogens with zero attached hydrogens (tertiary/aromatic N) is 4. The fourth-order valence-electron chi connectivity index (χ4n) is 9.17. The molecule has 2 aliphatic rings. The van der Waals surface area contributed by atoms with Crippen molar-refractivity contribution < 1.29 is 49.7 Å². The third kappa shape index (κ3) is 15.5. The van der Waals surface area contributed by atoms with E-state index in [0.717, 1.165) is 98.3 Å². The second-order valence-corrected chi connectivity index (χ2v) is 19.3. The Morgan fingerprint density at radius 1 is 0.507 bits per heavy atom. The van der Waals surface area contributed by atoms with Crippen LogP contribution in [0.5, 0.6) is 11.5 Å². The Kier molecular flexibility index (Phi) is 22.1. The fraction of sp³-hybridized carbons (Fsp3) is 0.154. The van der Waals surface area contributed by atoms with Gasteiger partial charge >= 0.3 is 20.1 Å². The van der Waals surface area contributed by atoms with Crippen LogP contribution in [0.3, 0.4) is 0 Å². The molecule has 0 N–H and O–H groups in total. The number of halogens is 2. The van der Waals surface area contributed by atoms with Gasteiger partial charge in [-0.3, -0.25) is 0 Å². The summed E-state index contributed by atoms with van der Waals surface area (Å²) in [5.74, 6) is 1.67. The number of unbranched alkanes of at least 4 members (excludes halogenated alkanes) is 2. The summed E-state index contributed by atoms with van der Waals surface area (Å²) in [6.45, 7) is 1.32. The van der Waals surface area contributed by atoms with Gasteiger partial charge in [-0.2, -0.15) is 42.1 Å². The van der Waals surface area contributed by atoms with Gasteiger partial charge in [0.25, 0.3) is 0 Å². The molecule has 6 nitrogen and oxygen atoms in total. The Bertz CT molecular complexity index is 2990. The first-order chi connectivity index (χ1) is 36.0. The van der Waals surface area contributed by atoms with Gasteiger partial charge < -0.3 is 29.7 Å². The van der Waals surface area contributed by atoms with Gasteiger partial charge in [-0.25, -0.2) is 0 Å². The molecule has 10 heteroatoms. The Balaban J connectivity index is 0.000000256. The average molecular weight is 1470 g/mol. The number of fused-ring (bicyclic) bond motifs is 3. The van der Waals surface area contributed by atoms with E-state index in [1.165, 1.54) is 22.3 Å². The SMILES string of the molecule is Brc1ccc2c(c1)C(CCCCOc1c[c-]c(-c3ccccn3)cc1)(CCCCOc1c[c-]c(-c3ccccn3)cc1)c1cc(Br)ccc1-2.[Ir+3].[Ir].[c-]1ccccc1-c1ccccn1.[c-]1ccccc1C1C=CC=C[N-]1. The van der Waals surface area contributed by atoms with E-state index < -0.39 is 0 Å². The fourth-order valence-corrected chi connectivity index (χ4v) is 9.89. The molecule has 1 aliphatic heterocycles. The smallest absolute Gasteiger partial charge is 0.683 e. The molecule has 1 unspecified atom stereocenters. The molecule has 3 aromatic heterocycles. The Labute approximate surface area is 486 Å². The molecule has 1 aliphatic carbocycles. The summed E-state index contributed by atoms with van der Waals surface area (Å²) >= 11 is 7.58. The molecule has 379 valence electrons. The predicted octanol–water partition coefficient (Wildman–Crippen LogP) is 17.2. The maximum Gasteiger partial charge on any atom is 3.00 e. The van der Waals surface area contributed by atoms with Crippen LogP contribution in [0.1, 0.15) is 61.3 Å². The molecule has 4 heterocycles. The van der Waals surface area contributed by atoms with E-state index in [2.05, 4.69) is 119 Å². The third-order valence-electron chi connectivity index (χ3n) is 12.7. The minimum atomic E-state index is -0.0888. The van der Waals surface area contributed by atoms with Crippen LogP contribution in [-0.4, -0.2) is 28.2 Å². The van der Waals surface area contributed by atoms with Gasteiger partial charge in [0, 0.05) is 64.6 Å². The normalized spacial score (nSPS) is 13.1. The number of benzene rings is 6. The first-order valence-electron chi connectivity index (χ1n) is 24.6. The minimum absolute atomic E-state index is 0. The van der Waals surface area contributed by atoms with Gasteiger partial charge in [-0.05, 0) is 120 Å². The Morgan fingerprint density at radius 3 is 1.41 bits per heavy atom. The molecule has 11 rings (SSSR count). The topological polar surface area (TPSA) is 71.2 Å². The van der Waals surface area contributed by atoms with Crippen LogP contribution in [0.25, 0.3) is 50.2 Å². The van der Waals surface area contributed by atoms with Crippen molar-refractivity contribution in [3.63, 3.8) is 0 Å². The van der Waals surface area contributed by atoms with E-state index in [-0.39, 0.29) is 51.7 Å². The molecule has 0 bridgehead atoms. The van der Waals surface area contributed by atoms with Crippen LogP contribution in [0.15, 0.2) is 228 Å². The Hall–Kier alpha value is -6.09. The molecule has 75 heavy (non-hydrogen) atoms. The van der Waals surface area contributed by atoms with Gasteiger partial charge in [-0.1, -0.05) is 105 Å². The minimum Gasteiger partial charge on any atom is -0.683 e. The van der Waals surface area contributed by atoms with Crippen molar-refractivity contribution in [2.75, 3.05) is 13.2 Å². The van der Waals surface area contributed by atoms with Crippen LogP contribution in [0, 0.1) is 24.3 Å². The number of aromatic nitrogens is 3. The van der Waals surface area contributed by atoms with Crippen molar-refractivity contribution in [3.8, 4) is 56.4 Å². The summed E-state index contributed by atoms with van der Waals surface area (Å²) in [7, 11) is 0. The summed E-state index contributed by atoms with van der Waals surface area (Å²) < 4.78 is 14.6. The zero-order valence-electron chi connectivity index (χ0n) is 41.0. The zero-order chi connectivity index (χ0) is 49.9. The third-order valence-corrected chi connectivity index (χ3v) is 13.7. The van der Waals surface area contributed by atoms with Crippen LogP contribution >= 0.6 is 31.9 Å². The van der Waals surface area contributed by atoms with Crippen molar-refractivity contribution in [3.05, 3.63) is 274 Å². The van der Waals surface area contributed by atoms with E-state index in [1.54, 1.807) is 18.6 Å². The van der Waals surface area contributed by atoms with E-state index in [0.29, 0.717) is 13.2 Å². The number of rotatable bonds is 16. The molecule has 0 fully saturated rings. The predicted molar refractivity (Wildman–Crippen MR) is 302 cm³/mol. The molecule has 0 saturated heterocycles. The summed E-state index contributed by atoms with van der Waals surface area (Å²) in [6.07, 6.45) is 19.3. The van der Waals surface area contributed by atoms with E-state index >= 15 is 0 Å². The standard InChI is InChI=1S/C43H36Br2N2O2.C11H9N.C11H8N.2Ir/c44-33-15-21-37-38-22-16-34(45)30-40(38)43(39(37)29-33,23-3-7-27-48-35-17-11-31(12-18-35)41-9-1-5-25-46-41)24-4-8-28-49-36-19-13-32(14-20-36)42-10-2-6-26-47-42;2*1-2-6-10(7-3-1)11-8-4-5-9-12-11;;/h1-2,5-6,9-11,13,15-22,25-26,29-30H,3-4,7-8,23-24,27-28H2;1-6,8-9,11H;1-6,8-9H;;/q2*-2;-1;;+3. The van der Waals surface area contributed by atoms with E-state index in [1.807, 2.05) is 158 Å². The summed E-state index contributed by atoms with van der Waals surface area (Å²) in [6, 6.07) is 72.0. The monoisotopic (exact) mass is 1470 g/mol. The van der Waals surface area contributed by atoms with Gasteiger partial charge in [-0.15, -0.1) is 95.6 Å². The molecular formula is C65H53Br2Ir2N4O2-2.